The first-order valence-corrected chi connectivity index (χ1v) is 18.0. The number of amides is 2. The Morgan fingerprint density at radius 2 is 1.86 bits per heavy atom. The number of rotatable bonds is 12. The van der Waals surface area contributed by atoms with E-state index in [9.17, 15) is 23.1 Å². The molecule has 0 unspecified atom stereocenters. The third-order valence-corrected chi connectivity index (χ3v) is 10.4. The van der Waals surface area contributed by atoms with Crippen molar-refractivity contribution in [2.75, 3.05) is 41.9 Å². The molecular weight excluding hydrogens is 646 g/mol. The lowest BCUT2D eigenvalue weighted by Crippen LogP contribution is -2.38. The summed E-state index contributed by atoms with van der Waals surface area (Å²) in [7, 11) is -2.32. The maximum Gasteiger partial charge on any atom is 0.411 e. The van der Waals surface area contributed by atoms with Crippen LogP contribution in [0.2, 0.25) is 0 Å². The number of nitrogen functional groups attached to an aromatic ring is 1. The number of aromatic nitrogens is 1. The lowest BCUT2D eigenvalue weighted by molar-refractivity contribution is -0.133. The van der Waals surface area contributed by atoms with Gasteiger partial charge in [-0.3, -0.25) is 9.69 Å². The number of hydrogen-bond acceptors (Lipinski definition) is 9. The number of hydrogen-bond donors (Lipinski definition) is 3. The lowest BCUT2D eigenvalue weighted by Gasteiger charge is -2.32. The molecule has 260 valence electrons. The topological polar surface area (TPSA) is 164 Å². The zero-order valence-corrected chi connectivity index (χ0v) is 29.2. The van der Waals surface area contributed by atoms with Gasteiger partial charge in [-0.1, -0.05) is 13.0 Å². The number of benzene rings is 3. The minimum atomic E-state index is -3.72. The second kappa shape index (κ2) is 14.6. The minimum absolute atomic E-state index is 0.0845. The lowest BCUT2D eigenvalue weighted by atomic mass is 10.00. The second-order valence-corrected chi connectivity index (χ2v) is 14.4. The van der Waals surface area contributed by atoms with Gasteiger partial charge >= 0.3 is 6.09 Å². The predicted molar refractivity (Wildman–Crippen MR) is 190 cm³/mol. The first-order valence-electron chi connectivity index (χ1n) is 16.3. The fourth-order valence-electron chi connectivity index (χ4n) is 6.14. The summed E-state index contributed by atoms with van der Waals surface area (Å²) in [6.45, 7) is 8.03. The Labute approximate surface area is 286 Å². The van der Waals surface area contributed by atoms with E-state index in [-0.39, 0.29) is 22.7 Å². The number of carbonyl (C=O) groups excluding carboxylic acids is 1. The Hall–Kier alpha value is -5.04. The molecule has 2 heterocycles. The zero-order valence-electron chi connectivity index (χ0n) is 28.3. The van der Waals surface area contributed by atoms with Gasteiger partial charge in [-0.05, 0) is 105 Å². The quantitative estimate of drug-likeness (QED) is 0.151. The van der Waals surface area contributed by atoms with Gasteiger partial charge in [-0.25, -0.2) is 18.2 Å². The van der Waals surface area contributed by atoms with Gasteiger partial charge in [0.25, 0.3) is 0 Å². The average molecular weight is 690 g/mol. The molecule has 0 bridgehead atoms. The Morgan fingerprint density at radius 1 is 1.08 bits per heavy atom. The number of likely N-dealkylation sites (tertiary alicyclic amines) is 1. The third kappa shape index (κ3) is 7.51. The van der Waals surface area contributed by atoms with Crippen molar-refractivity contribution in [3.63, 3.8) is 0 Å². The highest BCUT2D eigenvalue weighted by molar-refractivity contribution is 7.91. The summed E-state index contributed by atoms with van der Waals surface area (Å²) in [5.74, 6) is 1.00. The number of carboxylic acid groups (broad SMARTS) is 1. The van der Waals surface area contributed by atoms with E-state index in [2.05, 4.69) is 10.3 Å². The van der Waals surface area contributed by atoms with Gasteiger partial charge in [0.2, 0.25) is 5.91 Å². The maximum absolute atomic E-state index is 14.8. The molecule has 1 saturated heterocycles. The summed E-state index contributed by atoms with van der Waals surface area (Å²) in [6.07, 6.45) is 1.46. The van der Waals surface area contributed by atoms with Crippen molar-refractivity contribution in [3.8, 4) is 11.5 Å². The van der Waals surface area contributed by atoms with Crippen molar-refractivity contribution in [2.24, 2.45) is 0 Å². The van der Waals surface area contributed by atoms with Crippen LogP contribution in [0.1, 0.15) is 63.7 Å². The zero-order chi connectivity index (χ0) is 35.5. The molecule has 49 heavy (non-hydrogen) atoms. The van der Waals surface area contributed by atoms with Crippen molar-refractivity contribution >= 4 is 49.8 Å². The Balaban J connectivity index is 1.62. The van der Waals surface area contributed by atoms with Gasteiger partial charge < -0.3 is 30.5 Å². The number of anilines is 3. The van der Waals surface area contributed by atoms with Crippen molar-refractivity contribution in [2.45, 2.75) is 63.6 Å². The molecule has 1 aliphatic heterocycles. The van der Waals surface area contributed by atoms with Gasteiger partial charge in [0.1, 0.15) is 11.9 Å². The number of nitrogens with zero attached hydrogens (tertiary/aromatic N) is 3. The van der Waals surface area contributed by atoms with E-state index in [0.717, 1.165) is 15.7 Å². The van der Waals surface area contributed by atoms with Gasteiger partial charge in [-0.2, -0.15) is 0 Å². The maximum atomic E-state index is 14.8. The molecule has 1 aliphatic rings. The van der Waals surface area contributed by atoms with Crippen LogP contribution in [-0.2, 0) is 14.6 Å². The van der Waals surface area contributed by atoms with E-state index in [4.69, 9.17) is 15.2 Å². The van der Waals surface area contributed by atoms with Crippen LogP contribution in [0.15, 0.2) is 71.8 Å². The Kier molecular flexibility index (Phi) is 10.5. The molecule has 0 radical (unpaired) electrons. The first kappa shape index (κ1) is 35.3. The molecule has 1 aromatic heterocycles. The van der Waals surface area contributed by atoms with E-state index in [0.29, 0.717) is 65.8 Å². The summed E-state index contributed by atoms with van der Waals surface area (Å²) >= 11 is 0. The smallest absolute Gasteiger partial charge is 0.411 e. The van der Waals surface area contributed by atoms with Crippen LogP contribution >= 0.6 is 0 Å². The van der Waals surface area contributed by atoms with E-state index < -0.39 is 28.0 Å². The molecule has 4 aromatic rings. The number of ether oxygens (including phenoxy) is 2. The van der Waals surface area contributed by atoms with Gasteiger partial charge in [0.05, 0.1) is 29.4 Å². The van der Waals surface area contributed by atoms with Crippen LogP contribution in [0.25, 0.3) is 10.8 Å². The van der Waals surface area contributed by atoms with Crippen LogP contribution in [0.3, 0.4) is 0 Å². The summed E-state index contributed by atoms with van der Waals surface area (Å²) < 4.78 is 38.6. The van der Waals surface area contributed by atoms with Crippen LogP contribution in [0.5, 0.6) is 11.5 Å². The SMILES string of the molecule is CCOc1cc([C@@H](Nc2ccc3c(N)nccc3c2)C(=O)N2CCC[C@H]2c2cc(N(C)C(=O)O)ccc2S(=O)(=O)CC)ccc1OC(C)C. The fourth-order valence-corrected chi connectivity index (χ4v) is 7.28. The molecule has 2 atom stereocenters. The van der Waals surface area contributed by atoms with E-state index in [1.807, 2.05) is 51.1 Å². The third-order valence-electron chi connectivity index (χ3n) is 8.59. The minimum Gasteiger partial charge on any atom is -0.490 e. The van der Waals surface area contributed by atoms with Crippen molar-refractivity contribution < 1.29 is 32.6 Å². The highest BCUT2D eigenvalue weighted by atomic mass is 32.2. The van der Waals surface area contributed by atoms with Gasteiger partial charge in [0, 0.05) is 36.6 Å². The normalized spacial score (nSPS) is 15.3. The first-order chi connectivity index (χ1) is 23.3. The molecule has 0 saturated carbocycles. The van der Waals surface area contributed by atoms with Crippen molar-refractivity contribution in [3.05, 3.63) is 78.0 Å². The molecule has 2 amide bonds. The Bertz CT molecular complexity index is 1970. The second-order valence-electron chi connectivity index (χ2n) is 12.2. The number of fused-ring (bicyclic) bond motifs is 1. The molecule has 12 nitrogen and oxygen atoms in total. The highest BCUT2D eigenvalue weighted by Crippen LogP contribution is 2.41. The number of nitrogens with two attached hydrogens (primary N) is 1. The number of sulfone groups is 1. The molecule has 4 N–H and O–H groups in total. The summed E-state index contributed by atoms with van der Waals surface area (Å²) in [5.41, 5.74) is 8.07. The molecule has 13 heteroatoms. The summed E-state index contributed by atoms with van der Waals surface area (Å²) in [6, 6.07) is 15.8. The molecule has 5 rings (SSSR count). The number of pyridine rings is 1. The largest absolute Gasteiger partial charge is 0.490 e. The molecule has 0 aliphatic carbocycles. The van der Waals surface area contributed by atoms with Crippen LogP contribution < -0.4 is 25.4 Å². The van der Waals surface area contributed by atoms with E-state index in [1.54, 1.807) is 36.2 Å². The number of nitrogens with one attached hydrogen (secondary N) is 1. The predicted octanol–water partition coefficient (Wildman–Crippen LogP) is 6.43. The molecular formula is C36H43N5O7S. The molecule has 1 fully saturated rings. The van der Waals surface area contributed by atoms with E-state index >= 15 is 0 Å². The standard InChI is InChI=1S/C36H43N5O7S/c1-6-47-31-20-24(10-14-30(31)48-22(3)4)33(39-25-11-13-27-23(19-25)16-17-38-34(27)37)35(42)41-18-8-9-29(41)28-21-26(40(5)36(43)44)12-15-32(28)49(45,46)7-2/h10-17,19-22,29,33,39H,6-9,18H2,1-5H3,(H2,37,38)(H,43,44)/t29-,33+/m0/s1. The van der Waals surface area contributed by atoms with E-state index in [1.165, 1.54) is 19.2 Å². The highest BCUT2D eigenvalue weighted by Gasteiger charge is 2.38. The summed E-state index contributed by atoms with van der Waals surface area (Å²) in [5, 5.41) is 14.7. The number of carbonyl (C=O) groups is 2. The van der Waals surface area contributed by atoms with Crippen molar-refractivity contribution in [1.29, 1.82) is 0 Å². The Morgan fingerprint density at radius 3 is 2.55 bits per heavy atom. The van der Waals surface area contributed by atoms with Crippen molar-refractivity contribution in [1.82, 2.24) is 9.88 Å². The van der Waals surface area contributed by atoms with Crippen LogP contribution in [0, 0.1) is 0 Å². The monoisotopic (exact) mass is 689 g/mol. The fraction of sp³-hybridized carbons (Fsp3) is 0.361. The van der Waals surface area contributed by atoms with Gasteiger partial charge in [-0.15, -0.1) is 0 Å². The molecule has 0 spiro atoms. The molecule has 3 aromatic carbocycles. The van der Waals surface area contributed by atoms with Crippen LogP contribution in [0.4, 0.5) is 22.0 Å². The summed E-state index contributed by atoms with van der Waals surface area (Å²) in [4.78, 5) is 33.6. The van der Waals surface area contributed by atoms with Gasteiger partial charge in [0.15, 0.2) is 21.3 Å². The van der Waals surface area contributed by atoms with Crippen LogP contribution in [-0.4, -0.2) is 67.5 Å². The average Bonchev–Trinajstić information content (AvgIpc) is 3.57.